The van der Waals surface area contributed by atoms with Crippen LogP contribution in [0, 0.1) is 6.92 Å². The second-order valence-electron chi connectivity index (χ2n) is 8.64. The van der Waals surface area contributed by atoms with Gasteiger partial charge < -0.3 is 0 Å². The zero-order valence-corrected chi connectivity index (χ0v) is 19.6. The van der Waals surface area contributed by atoms with E-state index in [1.165, 1.54) is 0 Å². The summed E-state index contributed by atoms with van der Waals surface area (Å²) >= 11 is 0. The first kappa shape index (κ1) is 27.3. The lowest BCUT2D eigenvalue weighted by molar-refractivity contribution is -0.138. The summed E-state index contributed by atoms with van der Waals surface area (Å²) in [7, 11) is 0. The summed E-state index contributed by atoms with van der Waals surface area (Å²) < 4.78 is 119. The maximum Gasteiger partial charge on any atom is 0.416 e. The van der Waals surface area contributed by atoms with E-state index in [4.69, 9.17) is 0 Å². The highest BCUT2D eigenvalue weighted by atomic mass is 19.4. The van der Waals surface area contributed by atoms with Crippen molar-refractivity contribution in [2.75, 3.05) is 0 Å². The molecule has 4 aromatic carbocycles. The third-order valence-electron chi connectivity index (χ3n) is 6.17. The number of benzene rings is 4. The molecule has 4 aromatic rings. The van der Waals surface area contributed by atoms with Crippen LogP contribution in [0.3, 0.4) is 0 Å². The van der Waals surface area contributed by atoms with Crippen molar-refractivity contribution in [3.05, 3.63) is 119 Å². The molecule has 0 aliphatic rings. The van der Waals surface area contributed by atoms with Gasteiger partial charge in [0, 0.05) is 48.5 Å². The quantitative estimate of drug-likeness (QED) is 0.178. The van der Waals surface area contributed by atoms with Crippen LogP contribution >= 0.6 is 0 Å². The van der Waals surface area contributed by atoms with Crippen LogP contribution in [0.2, 0.25) is 0 Å². The standard InChI is InChI=1S/C28H19F9N/c1-18-2-10-22(11-3-18)38(23-12-4-19(5-13-23)26(29,30)31,24-14-6-20(7-15-24)27(32,33)34)25-16-8-21(9-17-25)28(35,36)37/h2-17H,1H3/q+1. The van der Waals surface area contributed by atoms with Crippen LogP contribution < -0.4 is 4.48 Å². The lowest BCUT2D eigenvalue weighted by Crippen LogP contribution is -2.33. The monoisotopic (exact) mass is 540 g/mol. The molecule has 10 heteroatoms. The minimum atomic E-state index is -4.65. The molecule has 198 valence electrons. The Morgan fingerprint density at radius 1 is 0.368 bits per heavy atom. The molecule has 0 saturated heterocycles. The number of quaternary nitrogens is 1. The van der Waals surface area contributed by atoms with Gasteiger partial charge in [-0.2, -0.15) is 44.0 Å². The van der Waals surface area contributed by atoms with E-state index < -0.39 is 39.7 Å². The van der Waals surface area contributed by atoms with Gasteiger partial charge in [0.2, 0.25) is 0 Å². The molecular weight excluding hydrogens is 521 g/mol. The number of hydrogen-bond donors (Lipinski definition) is 0. The summed E-state index contributed by atoms with van der Waals surface area (Å²) in [5, 5.41) is 0. The van der Waals surface area contributed by atoms with Crippen LogP contribution in [0.15, 0.2) is 97.1 Å². The molecule has 4 rings (SSSR count). The lowest BCUT2D eigenvalue weighted by Gasteiger charge is -2.37. The second-order valence-corrected chi connectivity index (χ2v) is 8.64. The van der Waals surface area contributed by atoms with Crippen molar-refractivity contribution < 1.29 is 39.5 Å². The van der Waals surface area contributed by atoms with Gasteiger partial charge in [0.1, 0.15) is 22.7 Å². The van der Waals surface area contributed by atoms with Crippen molar-refractivity contribution >= 4 is 22.7 Å². The van der Waals surface area contributed by atoms with Gasteiger partial charge in [0.15, 0.2) is 0 Å². The molecule has 0 N–H and O–H groups in total. The van der Waals surface area contributed by atoms with E-state index in [0.717, 1.165) is 78.4 Å². The fourth-order valence-corrected chi connectivity index (χ4v) is 4.28. The van der Waals surface area contributed by atoms with E-state index in [9.17, 15) is 39.5 Å². The van der Waals surface area contributed by atoms with Crippen LogP contribution in [-0.2, 0) is 18.5 Å². The molecule has 0 aliphatic heterocycles. The van der Waals surface area contributed by atoms with Crippen LogP contribution in [0.5, 0.6) is 0 Å². The summed E-state index contributed by atoms with van der Waals surface area (Å²) in [6.07, 6.45) is -14.0. The maximum absolute atomic E-state index is 13.3. The molecule has 0 spiro atoms. The van der Waals surface area contributed by atoms with Crippen molar-refractivity contribution in [1.82, 2.24) is 4.48 Å². The molecule has 1 nitrogen and oxygen atoms in total. The minimum absolute atomic E-state index is 0.168. The molecular formula is C28H19F9N+. The van der Waals surface area contributed by atoms with Crippen molar-refractivity contribution in [3.63, 3.8) is 0 Å². The molecule has 0 fully saturated rings. The molecule has 0 saturated carbocycles. The van der Waals surface area contributed by atoms with Crippen LogP contribution in [-0.4, -0.2) is 0 Å². The molecule has 0 amide bonds. The fraction of sp³-hybridized carbons (Fsp3) is 0.143. The zero-order valence-electron chi connectivity index (χ0n) is 19.6. The largest absolute Gasteiger partial charge is 0.416 e. The average molecular weight is 540 g/mol. The highest BCUT2D eigenvalue weighted by molar-refractivity contribution is 5.81. The van der Waals surface area contributed by atoms with Crippen LogP contribution in [0.4, 0.5) is 62.3 Å². The summed E-state index contributed by atoms with van der Waals surface area (Å²) in [5.74, 6) is 0. The minimum Gasteiger partial charge on any atom is -0.194 e. The zero-order chi connectivity index (χ0) is 27.9. The Kier molecular flexibility index (Phi) is 6.82. The first-order valence-electron chi connectivity index (χ1n) is 11.1. The Hall–Kier alpha value is -3.79. The van der Waals surface area contributed by atoms with Crippen LogP contribution in [0.25, 0.3) is 0 Å². The average Bonchev–Trinajstić information content (AvgIpc) is 2.85. The molecule has 0 heterocycles. The number of nitrogens with zero attached hydrogens (tertiary/aromatic N) is 1. The number of rotatable bonds is 4. The lowest BCUT2D eigenvalue weighted by atomic mass is 10.0. The number of aryl methyl sites for hydroxylation is 1. The summed E-state index contributed by atoms with van der Waals surface area (Å²) in [6.45, 7) is 1.78. The molecule has 0 radical (unpaired) electrons. The molecule has 0 unspecified atom stereocenters. The summed E-state index contributed by atoms with van der Waals surface area (Å²) in [5.41, 5.74) is -1.16. The van der Waals surface area contributed by atoms with Gasteiger partial charge in [-0.15, -0.1) is 0 Å². The van der Waals surface area contributed by atoms with Gasteiger partial charge in [-0.05, 0) is 43.3 Å². The van der Waals surface area contributed by atoms with Gasteiger partial charge in [-0.1, -0.05) is 17.7 Å². The molecule has 0 bridgehead atoms. The number of hydrogen-bond acceptors (Lipinski definition) is 0. The van der Waals surface area contributed by atoms with Gasteiger partial charge in [-0.25, -0.2) is 0 Å². The highest BCUT2D eigenvalue weighted by Gasteiger charge is 2.42. The maximum atomic E-state index is 13.3. The Morgan fingerprint density at radius 3 is 0.789 bits per heavy atom. The topological polar surface area (TPSA) is 0 Å². The van der Waals surface area contributed by atoms with E-state index in [0.29, 0.717) is 5.69 Å². The van der Waals surface area contributed by atoms with Crippen molar-refractivity contribution in [1.29, 1.82) is 0 Å². The van der Waals surface area contributed by atoms with E-state index in [1.54, 1.807) is 31.2 Å². The Balaban J connectivity index is 2.07. The Bertz CT molecular complexity index is 1240. The Labute approximate surface area is 212 Å². The van der Waals surface area contributed by atoms with Gasteiger partial charge >= 0.3 is 18.5 Å². The molecule has 38 heavy (non-hydrogen) atoms. The number of alkyl halides is 9. The molecule has 0 atom stereocenters. The predicted octanol–water partition coefficient (Wildman–Crippen LogP) is 10.4. The predicted molar refractivity (Wildman–Crippen MR) is 126 cm³/mol. The van der Waals surface area contributed by atoms with Crippen molar-refractivity contribution in [3.8, 4) is 0 Å². The smallest absolute Gasteiger partial charge is 0.194 e. The van der Waals surface area contributed by atoms with E-state index in [-0.39, 0.29) is 17.1 Å². The Morgan fingerprint density at radius 2 is 0.579 bits per heavy atom. The summed E-state index contributed by atoms with van der Waals surface area (Å²) in [6, 6.07) is 18.6. The van der Waals surface area contributed by atoms with E-state index in [2.05, 4.69) is 0 Å². The fourth-order valence-electron chi connectivity index (χ4n) is 4.28. The first-order chi connectivity index (χ1) is 17.6. The van der Waals surface area contributed by atoms with Crippen molar-refractivity contribution in [2.45, 2.75) is 25.5 Å². The SMILES string of the molecule is Cc1ccc([N+](c2ccc(C(F)(F)F)cc2)(c2ccc(C(F)(F)F)cc2)c2ccc(C(F)(F)F)cc2)cc1. The normalized spacial score (nSPS) is 13.0. The number of halogens is 9. The van der Waals surface area contributed by atoms with E-state index in [1.807, 2.05) is 0 Å². The first-order valence-corrected chi connectivity index (χ1v) is 11.1. The molecule has 0 aromatic heterocycles. The third-order valence-corrected chi connectivity index (χ3v) is 6.17. The summed E-state index contributed by atoms with van der Waals surface area (Å²) in [4.78, 5) is 0. The second kappa shape index (κ2) is 9.50. The highest BCUT2D eigenvalue weighted by Crippen LogP contribution is 2.52. The van der Waals surface area contributed by atoms with Gasteiger partial charge in [0.25, 0.3) is 0 Å². The van der Waals surface area contributed by atoms with Crippen molar-refractivity contribution in [2.24, 2.45) is 0 Å². The molecule has 0 aliphatic carbocycles. The van der Waals surface area contributed by atoms with Gasteiger partial charge in [-0.3, -0.25) is 0 Å². The van der Waals surface area contributed by atoms with E-state index >= 15 is 0 Å². The van der Waals surface area contributed by atoms with Gasteiger partial charge in [0.05, 0.1) is 16.7 Å². The third kappa shape index (κ3) is 5.13. The van der Waals surface area contributed by atoms with Crippen LogP contribution in [0.1, 0.15) is 22.3 Å².